The van der Waals surface area contributed by atoms with Crippen molar-refractivity contribution in [3.8, 4) is 0 Å². The van der Waals surface area contributed by atoms with Crippen molar-refractivity contribution in [2.75, 3.05) is 52.5 Å². The fourth-order valence-electron chi connectivity index (χ4n) is 3.09. The summed E-state index contributed by atoms with van der Waals surface area (Å²) in [6, 6.07) is 5.60. The van der Waals surface area contributed by atoms with Crippen LogP contribution in [0.5, 0.6) is 0 Å². The maximum absolute atomic E-state index is 10.7. The van der Waals surface area contributed by atoms with Gasteiger partial charge in [-0.2, -0.15) is 0 Å². The second kappa shape index (κ2) is 11.8. The Kier molecular flexibility index (Phi) is 9.82. The molecular weight excluding hydrogens is 399 g/mol. The van der Waals surface area contributed by atoms with Crippen LogP contribution in [0.4, 0.5) is 0 Å². The second-order valence-electron chi connectivity index (χ2n) is 7.35. The topological polar surface area (TPSA) is 69.1 Å². The summed E-state index contributed by atoms with van der Waals surface area (Å²) in [7, 11) is 0. The molecule has 0 aliphatic carbocycles. The third kappa shape index (κ3) is 8.53. The van der Waals surface area contributed by atoms with Crippen molar-refractivity contribution in [1.82, 2.24) is 15.5 Å². The van der Waals surface area contributed by atoms with Crippen molar-refractivity contribution in [2.45, 2.75) is 32.3 Å². The predicted octanol–water partition coefficient (Wildman–Crippen LogP) is 2.56. The molecule has 1 aromatic rings. The Bertz CT molecular complexity index is 635. The molecular formula is C20H32Cl2N4O2. The summed E-state index contributed by atoms with van der Waals surface area (Å²) in [5.74, 6) is 0.715. The molecule has 1 aliphatic heterocycles. The average Bonchev–Trinajstić information content (AvgIpc) is 2.65. The quantitative estimate of drug-likeness (QED) is 0.319. The maximum Gasteiger partial charge on any atom is 0.191 e. The fraction of sp³-hybridized carbons (Fsp3) is 0.650. The zero-order chi connectivity index (χ0) is 20.4. The Morgan fingerprint density at radius 1 is 1.29 bits per heavy atom. The van der Waals surface area contributed by atoms with Crippen molar-refractivity contribution in [3.05, 3.63) is 33.8 Å². The van der Waals surface area contributed by atoms with Gasteiger partial charge in [-0.05, 0) is 44.4 Å². The SMILES string of the molecule is CCNC(=NCC(C)(O)CN1CCOCC1)NCCCc1ccc(Cl)cc1Cl. The van der Waals surface area contributed by atoms with Gasteiger partial charge < -0.3 is 20.5 Å². The molecule has 0 spiro atoms. The van der Waals surface area contributed by atoms with Crippen LogP contribution in [0.3, 0.4) is 0 Å². The van der Waals surface area contributed by atoms with E-state index in [0.717, 1.165) is 57.8 Å². The van der Waals surface area contributed by atoms with E-state index < -0.39 is 5.60 Å². The Hall–Kier alpha value is -1.05. The van der Waals surface area contributed by atoms with E-state index in [2.05, 4.69) is 20.5 Å². The fourth-order valence-corrected chi connectivity index (χ4v) is 3.60. The summed E-state index contributed by atoms with van der Waals surface area (Å²) in [5, 5.41) is 18.6. The van der Waals surface area contributed by atoms with E-state index in [1.807, 2.05) is 26.0 Å². The highest BCUT2D eigenvalue weighted by atomic mass is 35.5. The van der Waals surface area contributed by atoms with Crippen molar-refractivity contribution in [2.24, 2.45) is 4.99 Å². The standard InChI is InChI=1S/C20H32Cl2N4O2/c1-3-23-19(24-8-4-5-16-6-7-17(21)13-18(16)22)25-14-20(2,27)15-26-9-11-28-12-10-26/h6-7,13,27H,3-5,8-12,14-15H2,1-2H3,(H2,23,24,25). The molecule has 0 radical (unpaired) electrons. The minimum Gasteiger partial charge on any atom is -0.387 e. The van der Waals surface area contributed by atoms with Gasteiger partial charge in [0.25, 0.3) is 0 Å². The van der Waals surface area contributed by atoms with E-state index in [-0.39, 0.29) is 0 Å². The molecule has 1 aliphatic rings. The molecule has 1 fully saturated rings. The molecule has 1 heterocycles. The number of nitrogens with zero attached hydrogens (tertiary/aromatic N) is 2. The van der Waals surface area contributed by atoms with Gasteiger partial charge in [0.15, 0.2) is 5.96 Å². The summed E-state index contributed by atoms with van der Waals surface area (Å²) < 4.78 is 5.36. The number of aliphatic hydroxyl groups is 1. The molecule has 0 saturated carbocycles. The normalized spacial score (nSPS) is 18.0. The van der Waals surface area contributed by atoms with E-state index in [0.29, 0.717) is 29.1 Å². The van der Waals surface area contributed by atoms with Gasteiger partial charge in [0, 0.05) is 42.8 Å². The number of aliphatic imine (C=N–C) groups is 1. The van der Waals surface area contributed by atoms with E-state index in [4.69, 9.17) is 27.9 Å². The van der Waals surface area contributed by atoms with Crippen molar-refractivity contribution >= 4 is 29.2 Å². The molecule has 1 unspecified atom stereocenters. The van der Waals surface area contributed by atoms with Crippen molar-refractivity contribution in [3.63, 3.8) is 0 Å². The largest absolute Gasteiger partial charge is 0.387 e. The van der Waals surface area contributed by atoms with Crippen LogP contribution < -0.4 is 10.6 Å². The third-order valence-corrected chi connectivity index (χ3v) is 5.11. The first-order valence-corrected chi connectivity index (χ1v) is 10.6. The molecule has 1 saturated heterocycles. The monoisotopic (exact) mass is 430 g/mol. The highest BCUT2D eigenvalue weighted by Gasteiger charge is 2.25. The van der Waals surface area contributed by atoms with Gasteiger partial charge in [0.05, 0.1) is 25.4 Å². The van der Waals surface area contributed by atoms with Gasteiger partial charge in [0.2, 0.25) is 0 Å². The molecule has 3 N–H and O–H groups in total. The highest BCUT2D eigenvalue weighted by molar-refractivity contribution is 6.35. The number of β-amino-alcohol motifs (C(OH)–C–C–N with tert-alkyl or cyclic N) is 1. The van der Waals surface area contributed by atoms with Crippen LogP contribution in [0.25, 0.3) is 0 Å². The Morgan fingerprint density at radius 3 is 2.71 bits per heavy atom. The van der Waals surface area contributed by atoms with E-state index >= 15 is 0 Å². The van der Waals surface area contributed by atoms with Crippen LogP contribution in [-0.2, 0) is 11.2 Å². The lowest BCUT2D eigenvalue weighted by atomic mass is 10.1. The Morgan fingerprint density at radius 2 is 2.04 bits per heavy atom. The number of aryl methyl sites for hydroxylation is 1. The number of nitrogens with one attached hydrogen (secondary N) is 2. The minimum atomic E-state index is -0.878. The number of hydrogen-bond acceptors (Lipinski definition) is 4. The second-order valence-corrected chi connectivity index (χ2v) is 8.19. The number of ether oxygens (including phenoxy) is 1. The lowest BCUT2D eigenvalue weighted by molar-refractivity contribution is -0.0179. The molecule has 1 atom stereocenters. The first-order chi connectivity index (χ1) is 13.4. The van der Waals surface area contributed by atoms with Crippen LogP contribution in [0.15, 0.2) is 23.2 Å². The summed E-state index contributed by atoms with van der Waals surface area (Å²) in [6.07, 6.45) is 1.77. The lowest BCUT2D eigenvalue weighted by Gasteiger charge is -2.33. The molecule has 8 heteroatoms. The van der Waals surface area contributed by atoms with Gasteiger partial charge in [-0.3, -0.25) is 9.89 Å². The maximum atomic E-state index is 10.7. The zero-order valence-corrected chi connectivity index (χ0v) is 18.3. The summed E-state index contributed by atoms with van der Waals surface area (Å²) in [6.45, 7) is 9.46. The number of hydrogen-bond donors (Lipinski definition) is 3. The molecule has 0 aromatic heterocycles. The average molecular weight is 431 g/mol. The Labute approximate surface area is 178 Å². The summed E-state index contributed by atoms with van der Waals surface area (Å²) in [5.41, 5.74) is 0.208. The summed E-state index contributed by atoms with van der Waals surface area (Å²) in [4.78, 5) is 6.78. The van der Waals surface area contributed by atoms with Gasteiger partial charge >= 0.3 is 0 Å². The van der Waals surface area contributed by atoms with Crippen LogP contribution in [-0.4, -0.2) is 74.0 Å². The van der Waals surface area contributed by atoms with E-state index in [1.165, 1.54) is 0 Å². The van der Waals surface area contributed by atoms with Gasteiger partial charge in [-0.25, -0.2) is 0 Å². The van der Waals surface area contributed by atoms with Crippen molar-refractivity contribution < 1.29 is 9.84 Å². The van der Waals surface area contributed by atoms with Gasteiger partial charge in [-0.1, -0.05) is 29.3 Å². The molecule has 0 bridgehead atoms. The third-order valence-electron chi connectivity index (χ3n) is 4.52. The number of benzene rings is 1. The first kappa shape index (κ1) is 23.2. The molecule has 0 amide bonds. The Balaban J connectivity index is 1.78. The predicted molar refractivity (Wildman–Crippen MR) is 117 cm³/mol. The van der Waals surface area contributed by atoms with Gasteiger partial charge in [0.1, 0.15) is 0 Å². The minimum absolute atomic E-state index is 0.336. The first-order valence-electron chi connectivity index (χ1n) is 9.88. The molecule has 1 aromatic carbocycles. The molecule has 2 rings (SSSR count). The molecule has 6 nitrogen and oxygen atoms in total. The molecule has 158 valence electrons. The van der Waals surface area contributed by atoms with E-state index in [9.17, 15) is 5.11 Å². The number of rotatable bonds is 9. The highest BCUT2D eigenvalue weighted by Crippen LogP contribution is 2.21. The van der Waals surface area contributed by atoms with Crippen LogP contribution in [0.2, 0.25) is 10.0 Å². The van der Waals surface area contributed by atoms with Crippen LogP contribution in [0.1, 0.15) is 25.8 Å². The number of halogens is 2. The summed E-state index contributed by atoms with van der Waals surface area (Å²) >= 11 is 12.2. The molecule has 28 heavy (non-hydrogen) atoms. The van der Waals surface area contributed by atoms with Crippen LogP contribution in [0, 0.1) is 0 Å². The number of guanidine groups is 1. The van der Waals surface area contributed by atoms with E-state index in [1.54, 1.807) is 6.07 Å². The number of morpholine rings is 1. The smallest absolute Gasteiger partial charge is 0.191 e. The lowest BCUT2D eigenvalue weighted by Crippen LogP contribution is -2.48. The zero-order valence-electron chi connectivity index (χ0n) is 16.8. The van der Waals surface area contributed by atoms with Crippen molar-refractivity contribution in [1.29, 1.82) is 0 Å². The van der Waals surface area contributed by atoms with Gasteiger partial charge in [-0.15, -0.1) is 0 Å². The van der Waals surface area contributed by atoms with Crippen LogP contribution >= 0.6 is 23.2 Å².